The second-order valence-electron chi connectivity index (χ2n) is 9.12. The lowest BCUT2D eigenvalue weighted by molar-refractivity contribution is -0.0283. The highest BCUT2D eigenvalue weighted by molar-refractivity contribution is 6.62. The van der Waals surface area contributed by atoms with Gasteiger partial charge in [0.15, 0.2) is 0 Å². The summed E-state index contributed by atoms with van der Waals surface area (Å²) in [6, 6.07) is 18.7. The van der Waals surface area contributed by atoms with Crippen LogP contribution in [-0.2, 0) is 25.4 Å². The van der Waals surface area contributed by atoms with Crippen LogP contribution in [-0.4, -0.2) is 50.7 Å². The molecule has 2 aliphatic heterocycles. The van der Waals surface area contributed by atoms with Gasteiger partial charge >= 0.3 is 7.12 Å². The third kappa shape index (κ3) is 4.73. The van der Waals surface area contributed by atoms with Gasteiger partial charge < -0.3 is 23.7 Å². The molecule has 2 aromatic carbocycles. The molecule has 2 aromatic rings. The summed E-state index contributed by atoms with van der Waals surface area (Å²) in [5.74, 6) is 0. The molecule has 0 amide bonds. The van der Waals surface area contributed by atoms with Crippen molar-refractivity contribution < 1.29 is 18.8 Å². The van der Waals surface area contributed by atoms with Gasteiger partial charge in [0.1, 0.15) is 0 Å². The van der Waals surface area contributed by atoms with E-state index in [9.17, 15) is 0 Å². The predicted molar refractivity (Wildman–Crippen MR) is 120 cm³/mol. The molecule has 0 bridgehead atoms. The van der Waals surface area contributed by atoms with Crippen LogP contribution in [0, 0.1) is 0 Å². The van der Waals surface area contributed by atoms with E-state index in [1.54, 1.807) is 0 Å². The maximum atomic E-state index is 6.22. The minimum atomic E-state index is -0.346. The van der Waals surface area contributed by atoms with Crippen LogP contribution in [0.2, 0.25) is 0 Å². The summed E-state index contributed by atoms with van der Waals surface area (Å²) in [4.78, 5) is 2.36. The van der Waals surface area contributed by atoms with Crippen LogP contribution in [0.1, 0.15) is 33.3 Å². The monoisotopic (exact) mass is 409 g/mol. The third-order valence-corrected chi connectivity index (χ3v) is 6.31. The Kier molecular flexibility index (Phi) is 6.21. The Morgan fingerprint density at radius 1 is 1.00 bits per heavy atom. The Bertz CT molecular complexity index is 826. The lowest BCUT2D eigenvalue weighted by Crippen LogP contribution is -2.45. The van der Waals surface area contributed by atoms with Crippen LogP contribution >= 0.6 is 0 Å². The molecule has 30 heavy (non-hydrogen) atoms. The molecule has 6 heteroatoms. The molecule has 0 saturated carbocycles. The average Bonchev–Trinajstić information content (AvgIpc) is 2.96. The van der Waals surface area contributed by atoms with E-state index in [0.717, 1.165) is 18.6 Å². The first-order chi connectivity index (χ1) is 14.3. The highest BCUT2D eigenvalue weighted by Crippen LogP contribution is 2.36. The van der Waals surface area contributed by atoms with Gasteiger partial charge in [-0.25, -0.2) is 0 Å². The fraction of sp³-hybridized carbons (Fsp3) is 0.500. The fourth-order valence-corrected chi connectivity index (χ4v) is 3.78. The summed E-state index contributed by atoms with van der Waals surface area (Å²) >= 11 is 0. The number of benzene rings is 2. The van der Waals surface area contributed by atoms with E-state index >= 15 is 0 Å². The molecule has 160 valence electrons. The molecule has 2 aliphatic rings. The highest BCUT2D eigenvalue weighted by Gasteiger charge is 2.51. The van der Waals surface area contributed by atoms with Crippen molar-refractivity contribution in [2.24, 2.45) is 0 Å². The second kappa shape index (κ2) is 8.71. The van der Waals surface area contributed by atoms with Crippen molar-refractivity contribution >= 4 is 18.3 Å². The number of hydrogen-bond acceptors (Lipinski definition) is 5. The maximum Gasteiger partial charge on any atom is 0.494 e. The van der Waals surface area contributed by atoms with E-state index in [4.69, 9.17) is 18.8 Å². The SMILES string of the molecule is CC1(C)OB(c2cccc(N3CCOC(COCc4ccccc4)C3)c2)OC1(C)C. The summed E-state index contributed by atoms with van der Waals surface area (Å²) < 4.78 is 24.3. The lowest BCUT2D eigenvalue weighted by Gasteiger charge is -2.34. The zero-order valence-electron chi connectivity index (χ0n) is 18.5. The van der Waals surface area contributed by atoms with E-state index in [0.29, 0.717) is 19.8 Å². The normalized spacial score (nSPS) is 23.0. The van der Waals surface area contributed by atoms with Gasteiger partial charge in [0.05, 0.1) is 37.1 Å². The van der Waals surface area contributed by atoms with Gasteiger partial charge in [-0.3, -0.25) is 0 Å². The zero-order valence-corrected chi connectivity index (χ0v) is 18.5. The Labute approximate surface area is 180 Å². The Balaban J connectivity index is 1.36. The van der Waals surface area contributed by atoms with Crippen LogP contribution in [0.3, 0.4) is 0 Å². The third-order valence-electron chi connectivity index (χ3n) is 6.31. The average molecular weight is 409 g/mol. The van der Waals surface area contributed by atoms with Gasteiger partial charge in [-0.2, -0.15) is 0 Å². The van der Waals surface area contributed by atoms with E-state index in [-0.39, 0.29) is 24.4 Å². The molecule has 4 rings (SSSR count). The zero-order chi connectivity index (χ0) is 21.2. The fourth-order valence-electron chi connectivity index (χ4n) is 3.78. The molecule has 2 saturated heterocycles. The van der Waals surface area contributed by atoms with Gasteiger partial charge in [-0.05, 0) is 50.9 Å². The minimum Gasteiger partial charge on any atom is -0.399 e. The summed E-state index contributed by atoms with van der Waals surface area (Å²) in [5.41, 5.74) is 2.72. The molecule has 2 fully saturated rings. The molecular formula is C24H32BNO4. The van der Waals surface area contributed by atoms with Crippen molar-refractivity contribution in [3.05, 3.63) is 60.2 Å². The molecule has 0 aliphatic carbocycles. The van der Waals surface area contributed by atoms with E-state index in [1.807, 2.05) is 18.2 Å². The molecule has 0 N–H and O–H groups in total. The molecule has 0 aromatic heterocycles. The minimum absolute atomic E-state index is 0.0583. The highest BCUT2D eigenvalue weighted by atomic mass is 16.7. The second-order valence-corrected chi connectivity index (χ2v) is 9.12. The number of rotatable bonds is 6. The van der Waals surface area contributed by atoms with Crippen molar-refractivity contribution in [3.8, 4) is 0 Å². The van der Waals surface area contributed by atoms with Crippen LogP contribution in [0.25, 0.3) is 0 Å². The van der Waals surface area contributed by atoms with Crippen LogP contribution < -0.4 is 10.4 Å². The van der Waals surface area contributed by atoms with Gasteiger partial charge in [0.25, 0.3) is 0 Å². The molecule has 1 unspecified atom stereocenters. The maximum absolute atomic E-state index is 6.22. The number of nitrogens with zero attached hydrogens (tertiary/aromatic N) is 1. The quantitative estimate of drug-likeness (QED) is 0.684. The van der Waals surface area contributed by atoms with Gasteiger partial charge in [0, 0.05) is 18.8 Å². The van der Waals surface area contributed by atoms with Gasteiger partial charge in [-0.1, -0.05) is 42.5 Å². The van der Waals surface area contributed by atoms with Gasteiger partial charge in [0.2, 0.25) is 0 Å². The summed E-state index contributed by atoms with van der Waals surface area (Å²) in [7, 11) is -0.346. The first-order valence-electron chi connectivity index (χ1n) is 10.8. The molecular weight excluding hydrogens is 377 g/mol. The summed E-state index contributed by atoms with van der Waals surface area (Å²) in [5, 5.41) is 0. The van der Waals surface area contributed by atoms with Crippen molar-refractivity contribution in [2.45, 2.75) is 51.6 Å². The number of morpholine rings is 1. The standard InChI is InChI=1S/C24H32BNO4/c1-23(2)24(3,4)30-25(29-23)20-11-8-12-21(15-20)26-13-14-28-22(16-26)18-27-17-19-9-6-5-7-10-19/h5-12,15,22H,13-14,16-18H2,1-4H3. The van der Waals surface area contributed by atoms with E-state index in [2.05, 4.69) is 69.0 Å². The first kappa shape index (κ1) is 21.4. The Morgan fingerprint density at radius 2 is 1.73 bits per heavy atom. The predicted octanol–water partition coefficient (Wildman–Crippen LogP) is 3.41. The molecule has 2 heterocycles. The summed E-state index contributed by atoms with van der Waals surface area (Å²) in [6.45, 7) is 11.9. The molecule has 1 atom stereocenters. The molecule has 0 radical (unpaired) electrons. The van der Waals surface area contributed by atoms with Crippen LogP contribution in [0.5, 0.6) is 0 Å². The number of hydrogen-bond donors (Lipinski definition) is 0. The molecule has 0 spiro atoms. The van der Waals surface area contributed by atoms with Crippen molar-refractivity contribution in [1.82, 2.24) is 0 Å². The van der Waals surface area contributed by atoms with Crippen LogP contribution in [0.15, 0.2) is 54.6 Å². The Hall–Kier alpha value is -1.86. The van der Waals surface area contributed by atoms with Crippen molar-refractivity contribution in [1.29, 1.82) is 0 Å². The van der Waals surface area contributed by atoms with Crippen molar-refractivity contribution in [3.63, 3.8) is 0 Å². The van der Waals surface area contributed by atoms with Crippen LogP contribution in [0.4, 0.5) is 5.69 Å². The van der Waals surface area contributed by atoms with Gasteiger partial charge in [-0.15, -0.1) is 0 Å². The summed E-state index contributed by atoms with van der Waals surface area (Å²) in [6.07, 6.45) is 0.0583. The first-order valence-corrected chi connectivity index (χ1v) is 10.8. The number of ether oxygens (including phenoxy) is 2. The smallest absolute Gasteiger partial charge is 0.399 e. The number of anilines is 1. The largest absolute Gasteiger partial charge is 0.494 e. The lowest BCUT2D eigenvalue weighted by atomic mass is 9.79. The topological polar surface area (TPSA) is 40.2 Å². The van der Waals surface area contributed by atoms with E-state index < -0.39 is 0 Å². The molecule has 5 nitrogen and oxygen atoms in total. The van der Waals surface area contributed by atoms with Crippen molar-refractivity contribution in [2.75, 3.05) is 31.2 Å². The van der Waals surface area contributed by atoms with E-state index in [1.165, 1.54) is 11.3 Å². The Morgan fingerprint density at radius 3 is 2.47 bits per heavy atom.